The van der Waals surface area contributed by atoms with E-state index >= 15 is 0 Å². The number of hydrogen-bond donors (Lipinski definition) is 1. The largest absolute Gasteiger partial charge is 0.481 e. The minimum absolute atomic E-state index is 0.475. The number of nitrogens with one attached hydrogen (secondary N) is 1. The Kier molecular flexibility index (Phi) is 4.42. The zero-order valence-corrected chi connectivity index (χ0v) is 12.9. The first-order chi connectivity index (χ1) is 11.5. The van der Waals surface area contributed by atoms with Crippen LogP contribution < -0.4 is 10.1 Å². The van der Waals surface area contributed by atoms with Gasteiger partial charge in [0.05, 0.1) is 0 Å². The Morgan fingerprint density at radius 3 is 2.33 bits per heavy atom. The predicted molar refractivity (Wildman–Crippen MR) is 89.0 cm³/mol. The molecule has 0 aliphatic rings. The minimum atomic E-state index is -0.912. The Balaban J connectivity index is 1.73. The fraction of sp³-hybridized carbons (Fsp3) is 0.105. The second kappa shape index (κ2) is 6.66. The van der Waals surface area contributed by atoms with Crippen molar-refractivity contribution < 1.29 is 18.3 Å². The molecule has 1 amide bonds. The van der Waals surface area contributed by atoms with Gasteiger partial charge in [-0.1, -0.05) is 36.4 Å². The van der Waals surface area contributed by atoms with E-state index in [4.69, 9.17) is 4.74 Å². The second-order valence-corrected chi connectivity index (χ2v) is 5.35. The molecular formula is C19H15F2NO2. The highest BCUT2D eigenvalue weighted by Gasteiger charge is 2.18. The summed E-state index contributed by atoms with van der Waals surface area (Å²) in [5.41, 5.74) is -0.475. The summed E-state index contributed by atoms with van der Waals surface area (Å²) < 4.78 is 32.7. The number of carbonyl (C=O) groups is 1. The SMILES string of the molecule is C[C@H](Oc1ccc2ccccc2c1)C(=O)Nc1c(F)cccc1F. The monoisotopic (exact) mass is 327 g/mol. The van der Waals surface area contributed by atoms with Crippen LogP contribution in [0.4, 0.5) is 14.5 Å². The van der Waals surface area contributed by atoms with Crippen LogP contribution in [0.5, 0.6) is 5.75 Å². The van der Waals surface area contributed by atoms with Gasteiger partial charge in [-0.05, 0) is 42.0 Å². The second-order valence-electron chi connectivity index (χ2n) is 5.35. The van der Waals surface area contributed by atoms with Gasteiger partial charge in [0.1, 0.15) is 23.1 Å². The summed E-state index contributed by atoms with van der Waals surface area (Å²) in [7, 11) is 0. The van der Waals surface area contributed by atoms with Crippen LogP contribution in [0.25, 0.3) is 10.8 Å². The fourth-order valence-corrected chi connectivity index (χ4v) is 2.34. The maximum absolute atomic E-state index is 13.6. The van der Waals surface area contributed by atoms with Gasteiger partial charge in [0.15, 0.2) is 6.10 Å². The molecular weight excluding hydrogens is 312 g/mol. The van der Waals surface area contributed by atoms with Crippen molar-refractivity contribution in [1.29, 1.82) is 0 Å². The molecule has 0 bridgehead atoms. The Morgan fingerprint density at radius 1 is 0.958 bits per heavy atom. The quantitative estimate of drug-likeness (QED) is 0.765. The first-order valence-corrected chi connectivity index (χ1v) is 7.45. The van der Waals surface area contributed by atoms with Gasteiger partial charge in [0.25, 0.3) is 5.91 Å². The predicted octanol–water partition coefficient (Wildman–Crippen LogP) is 4.52. The van der Waals surface area contributed by atoms with Gasteiger partial charge < -0.3 is 10.1 Å². The topological polar surface area (TPSA) is 38.3 Å². The van der Waals surface area contributed by atoms with Crippen LogP contribution in [0.1, 0.15) is 6.92 Å². The molecule has 3 aromatic rings. The molecule has 1 N–H and O–H groups in total. The van der Waals surface area contributed by atoms with Crippen molar-refractivity contribution in [2.75, 3.05) is 5.32 Å². The third-order valence-corrected chi connectivity index (χ3v) is 3.61. The molecule has 0 unspecified atom stereocenters. The summed E-state index contributed by atoms with van der Waals surface area (Å²) in [4.78, 5) is 12.1. The highest BCUT2D eigenvalue weighted by Crippen LogP contribution is 2.22. The maximum atomic E-state index is 13.6. The van der Waals surface area contributed by atoms with E-state index in [1.807, 2.05) is 36.4 Å². The van der Waals surface area contributed by atoms with E-state index in [0.29, 0.717) is 5.75 Å². The molecule has 0 aliphatic heterocycles. The number of amides is 1. The van der Waals surface area contributed by atoms with Crippen LogP contribution in [0.2, 0.25) is 0 Å². The highest BCUT2D eigenvalue weighted by atomic mass is 19.1. The molecule has 0 spiro atoms. The highest BCUT2D eigenvalue weighted by molar-refractivity contribution is 5.94. The van der Waals surface area contributed by atoms with Crippen molar-refractivity contribution in [2.45, 2.75) is 13.0 Å². The van der Waals surface area contributed by atoms with E-state index in [1.54, 1.807) is 6.07 Å². The number of hydrogen-bond acceptors (Lipinski definition) is 2. The van der Waals surface area contributed by atoms with Crippen LogP contribution in [-0.2, 0) is 4.79 Å². The molecule has 1 atom stereocenters. The zero-order valence-electron chi connectivity index (χ0n) is 12.9. The van der Waals surface area contributed by atoms with Gasteiger partial charge in [0.2, 0.25) is 0 Å². The molecule has 0 heterocycles. The standard InChI is InChI=1S/C19H15F2NO2/c1-12(19(23)22-18-16(20)7-4-8-17(18)21)24-15-10-9-13-5-2-3-6-14(13)11-15/h2-12H,1H3,(H,22,23)/t12-/m0/s1. The van der Waals surface area contributed by atoms with Crippen LogP contribution in [0, 0.1) is 11.6 Å². The first-order valence-electron chi connectivity index (χ1n) is 7.45. The summed E-state index contributed by atoms with van der Waals surface area (Å²) in [6.45, 7) is 1.52. The number of ether oxygens (including phenoxy) is 1. The Bertz CT molecular complexity index is 875. The summed E-state index contributed by atoms with van der Waals surface area (Å²) >= 11 is 0. The number of carbonyl (C=O) groups excluding carboxylic acids is 1. The molecule has 3 rings (SSSR count). The van der Waals surface area contributed by atoms with Crippen molar-refractivity contribution in [3.05, 3.63) is 72.3 Å². The number of para-hydroxylation sites is 1. The molecule has 0 fully saturated rings. The lowest BCUT2D eigenvalue weighted by Gasteiger charge is -2.15. The fourth-order valence-electron chi connectivity index (χ4n) is 2.34. The molecule has 24 heavy (non-hydrogen) atoms. The van der Waals surface area contributed by atoms with Crippen LogP contribution >= 0.6 is 0 Å². The third-order valence-electron chi connectivity index (χ3n) is 3.61. The Hall–Kier alpha value is -2.95. The summed E-state index contributed by atoms with van der Waals surface area (Å²) in [5, 5.41) is 4.25. The van der Waals surface area contributed by atoms with Crippen molar-refractivity contribution in [2.24, 2.45) is 0 Å². The van der Waals surface area contributed by atoms with Gasteiger partial charge in [-0.25, -0.2) is 8.78 Å². The minimum Gasteiger partial charge on any atom is -0.481 e. The van der Waals surface area contributed by atoms with E-state index in [-0.39, 0.29) is 0 Å². The van der Waals surface area contributed by atoms with Gasteiger partial charge >= 0.3 is 0 Å². The van der Waals surface area contributed by atoms with E-state index in [0.717, 1.165) is 22.9 Å². The van der Waals surface area contributed by atoms with Gasteiger partial charge in [-0.3, -0.25) is 4.79 Å². The van der Waals surface area contributed by atoms with Gasteiger partial charge in [0, 0.05) is 0 Å². The normalized spacial score (nSPS) is 12.0. The Labute approximate surface area is 137 Å². The average molecular weight is 327 g/mol. The average Bonchev–Trinajstić information content (AvgIpc) is 2.58. The van der Waals surface area contributed by atoms with Crippen molar-refractivity contribution in [1.82, 2.24) is 0 Å². The van der Waals surface area contributed by atoms with Gasteiger partial charge in [-0.15, -0.1) is 0 Å². The lowest BCUT2D eigenvalue weighted by molar-refractivity contribution is -0.122. The van der Waals surface area contributed by atoms with Gasteiger partial charge in [-0.2, -0.15) is 0 Å². The van der Waals surface area contributed by atoms with Crippen LogP contribution in [-0.4, -0.2) is 12.0 Å². The molecule has 0 radical (unpaired) electrons. The molecule has 122 valence electrons. The van der Waals surface area contributed by atoms with E-state index < -0.39 is 29.3 Å². The molecule has 3 nitrogen and oxygen atoms in total. The van der Waals surface area contributed by atoms with Crippen LogP contribution in [0.15, 0.2) is 60.7 Å². The zero-order chi connectivity index (χ0) is 17.1. The first kappa shape index (κ1) is 15.9. The lowest BCUT2D eigenvalue weighted by Crippen LogP contribution is -2.30. The van der Waals surface area contributed by atoms with Crippen molar-refractivity contribution >= 4 is 22.4 Å². The number of rotatable bonds is 4. The Morgan fingerprint density at radius 2 is 1.62 bits per heavy atom. The molecule has 0 saturated heterocycles. The summed E-state index contributed by atoms with van der Waals surface area (Å²) in [6, 6.07) is 16.6. The summed E-state index contributed by atoms with van der Waals surface area (Å²) in [5.74, 6) is -1.79. The number of fused-ring (bicyclic) bond motifs is 1. The molecule has 0 aliphatic carbocycles. The maximum Gasteiger partial charge on any atom is 0.265 e. The number of anilines is 1. The lowest BCUT2D eigenvalue weighted by atomic mass is 10.1. The smallest absolute Gasteiger partial charge is 0.265 e. The number of halogens is 2. The van der Waals surface area contributed by atoms with E-state index in [9.17, 15) is 13.6 Å². The van der Waals surface area contributed by atoms with Crippen molar-refractivity contribution in [3.63, 3.8) is 0 Å². The number of benzene rings is 3. The van der Waals surface area contributed by atoms with Crippen LogP contribution in [0.3, 0.4) is 0 Å². The third kappa shape index (κ3) is 3.35. The molecule has 5 heteroatoms. The molecule has 3 aromatic carbocycles. The molecule has 0 saturated carbocycles. The van der Waals surface area contributed by atoms with Crippen molar-refractivity contribution in [3.8, 4) is 5.75 Å². The molecule has 0 aromatic heterocycles. The summed E-state index contributed by atoms with van der Waals surface area (Å²) in [6.07, 6.45) is -0.912. The van der Waals surface area contributed by atoms with E-state index in [1.165, 1.54) is 13.0 Å². The van der Waals surface area contributed by atoms with E-state index in [2.05, 4.69) is 5.32 Å².